The zero-order valence-electron chi connectivity index (χ0n) is 22.5. The molecule has 2 aromatic carbocycles. The summed E-state index contributed by atoms with van der Waals surface area (Å²) < 4.78 is 48.7. The summed E-state index contributed by atoms with van der Waals surface area (Å²) in [6.07, 6.45) is 6.17. The Balaban J connectivity index is 1.24. The molecule has 1 saturated heterocycles. The highest BCUT2D eigenvalue weighted by atomic mass is 32.3. The van der Waals surface area contributed by atoms with E-state index < -0.39 is 26.0 Å². The first-order valence-corrected chi connectivity index (χ1v) is 16.7. The molecule has 0 aromatic heterocycles. The fourth-order valence-electron chi connectivity index (χ4n) is 5.57. The van der Waals surface area contributed by atoms with Gasteiger partial charge in [-0.25, -0.2) is 16.8 Å². The number of sulfonamides is 2. The van der Waals surface area contributed by atoms with Crippen molar-refractivity contribution in [1.82, 2.24) is 15.5 Å². The quantitative estimate of drug-likeness (QED) is 0.466. The van der Waals surface area contributed by atoms with Crippen molar-refractivity contribution in [3.8, 4) is 0 Å². The lowest BCUT2D eigenvalue weighted by molar-refractivity contribution is -0.122. The molecule has 1 heterocycles. The molecule has 1 saturated carbocycles. The molecule has 4 rings (SSSR count). The summed E-state index contributed by atoms with van der Waals surface area (Å²) in [5.74, 6) is -0.307. The number of aryl methyl sites for hydroxylation is 1. The van der Waals surface area contributed by atoms with Crippen molar-refractivity contribution in [2.45, 2.75) is 50.6 Å². The number of benzene rings is 2. The summed E-state index contributed by atoms with van der Waals surface area (Å²) in [7, 11) is -8.31. The van der Waals surface area contributed by atoms with Gasteiger partial charge in [-0.1, -0.05) is 30.3 Å². The third kappa shape index (κ3) is 7.37. The predicted octanol–water partition coefficient (Wildman–Crippen LogP) is 1.98. The number of nitrogens with one attached hydrogen (secondary N) is 2. The number of nitrogens with zero attached hydrogens (tertiary/aromatic N) is 2. The van der Waals surface area contributed by atoms with E-state index in [0.717, 1.165) is 38.4 Å². The van der Waals surface area contributed by atoms with Crippen LogP contribution in [0.4, 0.5) is 5.69 Å². The third-order valence-electron chi connectivity index (χ3n) is 7.31. The largest absolute Gasteiger partial charge is 0.349 e. The van der Waals surface area contributed by atoms with Gasteiger partial charge in [0.2, 0.25) is 26.0 Å². The number of anilines is 1. The van der Waals surface area contributed by atoms with E-state index in [1.807, 2.05) is 6.07 Å². The second-order valence-electron chi connectivity index (χ2n) is 10.6. The van der Waals surface area contributed by atoms with Crippen molar-refractivity contribution in [2.75, 3.05) is 35.9 Å². The molecule has 0 bridgehead atoms. The molecule has 0 unspecified atom stereocenters. The van der Waals surface area contributed by atoms with Gasteiger partial charge in [0.15, 0.2) is 0 Å². The zero-order chi connectivity index (χ0) is 28.4. The van der Waals surface area contributed by atoms with Crippen LogP contribution in [0.5, 0.6) is 0 Å². The molecule has 2 N–H and O–H groups in total. The zero-order valence-corrected chi connectivity index (χ0v) is 24.1. The van der Waals surface area contributed by atoms with Crippen LogP contribution in [-0.4, -0.2) is 77.8 Å². The van der Waals surface area contributed by atoms with Crippen LogP contribution in [0.15, 0.2) is 48.5 Å². The van der Waals surface area contributed by atoms with Crippen LogP contribution in [0.1, 0.15) is 53.1 Å². The summed E-state index contributed by atoms with van der Waals surface area (Å²) >= 11 is 0. The first-order valence-electron chi connectivity index (χ1n) is 13.0. The maximum Gasteiger partial charge on any atom is 0.251 e. The number of carbonyl (C=O) groups is 2. The van der Waals surface area contributed by atoms with E-state index in [-0.39, 0.29) is 33.5 Å². The van der Waals surface area contributed by atoms with Crippen LogP contribution in [0.2, 0.25) is 0 Å². The molecular weight excluding hydrogens is 540 g/mol. The molecule has 2 aromatic rings. The Hall–Kier alpha value is -2.96. The highest BCUT2D eigenvalue weighted by Crippen LogP contribution is 2.36. The Morgan fingerprint density at radius 3 is 2.13 bits per heavy atom. The van der Waals surface area contributed by atoms with Gasteiger partial charge in [0, 0.05) is 24.7 Å². The summed E-state index contributed by atoms with van der Waals surface area (Å²) in [5.41, 5.74) is 1.79. The van der Waals surface area contributed by atoms with Gasteiger partial charge < -0.3 is 10.6 Å². The molecule has 10 nitrogen and oxygen atoms in total. The Bertz CT molecular complexity index is 1380. The fourth-order valence-corrected chi connectivity index (χ4v) is 8.52. The van der Waals surface area contributed by atoms with E-state index >= 15 is 0 Å². The molecule has 12 heteroatoms. The molecule has 2 aliphatic rings. The molecular formula is C27H36N4O6S2. The average molecular weight is 577 g/mol. The maximum atomic E-state index is 12.7. The van der Waals surface area contributed by atoms with Crippen LogP contribution >= 0.6 is 0 Å². The number of amides is 2. The van der Waals surface area contributed by atoms with Gasteiger partial charge in [0.25, 0.3) is 5.91 Å². The minimum Gasteiger partial charge on any atom is -0.349 e. The molecule has 0 radical (unpaired) electrons. The highest BCUT2D eigenvalue weighted by molar-refractivity contribution is 8.09. The van der Waals surface area contributed by atoms with E-state index in [1.54, 1.807) is 6.92 Å². The molecule has 0 spiro atoms. The van der Waals surface area contributed by atoms with Crippen molar-refractivity contribution in [3.05, 3.63) is 65.2 Å². The van der Waals surface area contributed by atoms with E-state index in [1.165, 1.54) is 36.6 Å². The van der Waals surface area contributed by atoms with E-state index in [0.29, 0.717) is 17.5 Å². The minimum absolute atomic E-state index is 0.0323. The summed E-state index contributed by atoms with van der Waals surface area (Å²) in [5, 5.41) is 5.48. The van der Waals surface area contributed by atoms with Crippen molar-refractivity contribution in [1.29, 1.82) is 0 Å². The van der Waals surface area contributed by atoms with E-state index in [9.17, 15) is 26.4 Å². The first kappa shape index (κ1) is 29.0. The molecule has 0 atom stereocenters. The number of hydrogen-bond acceptors (Lipinski definition) is 7. The van der Waals surface area contributed by atoms with Crippen molar-refractivity contribution in [2.24, 2.45) is 0 Å². The second kappa shape index (κ2) is 11.6. The summed E-state index contributed by atoms with van der Waals surface area (Å²) in [4.78, 5) is 27.6. The average Bonchev–Trinajstić information content (AvgIpc) is 2.83. The van der Waals surface area contributed by atoms with Gasteiger partial charge in [0.05, 0.1) is 30.8 Å². The van der Waals surface area contributed by atoms with Crippen molar-refractivity contribution >= 4 is 37.5 Å². The smallest absolute Gasteiger partial charge is 0.251 e. The van der Waals surface area contributed by atoms with Crippen LogP contribution < -0.4 is 14.3 Å². The summed E-state index contributed by atoms with van der Waals surface area (Å²) in [6.45, 7) is 2.94. The minimum atomic E-state index is -4.15. The van der Waals surface area contributed by atoms with Gasteiger partial charge in [-0.3, -0.25) is 14.5 Å². The standard InChI is InChI=1S/C27H36N4O6S2/c1-19-13-22(15-25(14-19)31(38(2,34)35)39(3,36)37)27(33)28-16-26(32)29-23-17-30(18-23)24-11-9-21(10-12-24)20-7-5-4-6-8-20/h4-8,13-15,21,23-24H,9-12,16-18H2,1-3H3,(H,28,33)(H,29,32). The van der Waals surface area contributed by atoms with Gasteiger partial charge in [-0.2, -0.15) is 3.71 Å². The van der Waals surface area contributed by atoms with E-state index in [2.05, 4.69) is 39.8 Å². The number of hydrogen-bond donors (Lipinski definition) is 2. The molecule has 2 amide bonds. The second-order valence-corrected chi connectivity index (χ2v) is 14.5. The summed E-state index contributed by atoms with van der Waals surface area (Å²) in [6, 6.07) is 15.2. The van der Waals surface area contributed by atoms with Crippen LogP contribution in [0, 0.1) is 6.92 Å². The van der Waals surface area contributed by atoms with Crippen LogP contribution in [-0.2, 0) is 24.8 Å². The maximum absolute atomic E-state index is 12.7. The van der Waals surface area contributed by atoms with Gasteiger partial charge in [0.1, 0.15) is 0 Å². The molecule has 212 valence electrons. The Morgan fingerprint density at radius 2 is 1.54 bits per heavy atom. The van der Waals surface area contributed by atoms with Crippen molar-refractivity contribution in [3.63, 3.8) is 0 Å². The van der Waals surface area contributed by atoms with Crippen LogP contribution in [0.3, 0.4) is 0 Å². The Morgan fingerprint density at radius 1 is 0.923 bits per heavy atom. The van der Waals surface area contributed by atoms with Gasteiger partial charge in [-0.15, -0.1) is 0 Å². The SMILES string of the molecule is Cc1cc(C(=O)NCC(=O)NC2CN(C3CCC(c4ccccc4)CC3)C2)cc(N(S(C)(=O)=O)S(C)(=O)=O)c1. The lowest BCUT2D eigenvalue weighted by Gasteiger charge is -2.46. The monoisotopic (exact) mass is 576 g/mol. The normalized spacial score (nSPS) is 20.6. The molecule has 2 fully saturated rings. The lowest BCUT2D eigenvalue weighted by atomic mass is 9.80. The van der Waals surface area contributed by atoms with Crippen LogP contribution in [0.25, 0.3) is 0 Å². The lowest BCUT2D eigenvalue weighted by Crippen LogP contribution is -2.63. The molecule has 39 heavy (non-hydrogen) atoms. The number of likely N-dealkylation sites (tertiary alicyclic amines) is 1. The Labute approximate surface area is 230 Å². The highest BCUT2D eigenvalue weighted by Gasteiger charge is 2.35. The number of carbonyl (C=O) groups excluding carboxylic acids is 2. The van der Waals surface area contributed by atoms with Crippen molar-refractivity contribution < 1.29 is 26.4 Å². The number of rotatable bonds is 9. The van der Waals surface area contributed by atoms with E-state index in [4.69, 9.17) is 0 Å². The van der Waals surface area contributed by atoms with Gasteiger partial charge >= 0.3 is 0 Å². The Kier molecular flexibility index (Phi) is 8.67. The molecule has 1 aliphatic carbocycles. The van der Waals surface area contributed by atoms with Gasteiger partial charge in [-0.05, 0) is 67.9 Å². The topological polar surface area (TPSA) is 133 Å². The predicted molar refractivity (Wildman–Crippen MR) is 151 cm³/mol. The molecule has 1 aliphatic heterocycles. The fraction of sp³-hybridized carbons (Fsp3) is 0.481. The first-order chi connectivity index (χ1) is 18.3. The third-order valence-corrected chi connectivity index (χ3v) is 10.6.